The minimum absolute atomic E-state index is 0.672. The summed E-state index contributed by atoms with van der Waals surface area (Å²) >= 11 is 1.59. The summed E-state index contributed by atoms with van der Waals surface area (Å²) in [6.45, 7) is 7.17. The van der Waals surface area contributed by atoms with Gasteiger partial charge in [0.25, 0.3) is 0 Å². The van der Waals surface area contributed by atoms with Crippen molar-refractivity contribution in [2.24, 2.45) is 5.92 Å². The molecule has 4 heteroatoms. The van der Waals surface area contributed by atoms with E-state index >= 15 is 0 Å². The summed E-state index contributed by atoms with van der Waals surface area (Å²) in [5.74, 6) is 0.716. The monoisotopic (exact) mass is 223 g/mol. The molecule has 0 amide bonds. The Morgan fingerprint density at radius 2 is 2.33 bits per heavy atom. The van der Waals surface area contributed by atoms with Gasteiger partial charge in [-0.2, -0.15) is 0 Å². The number of allylic oxidation sites excluding steroid dienone is 1. The van der Waals surface area contributed by atoms with Crippen LogP contribution in [0.3, 0.4) is 0 Å². The minimum atomic E-state index is 0.672. The fourth-order valence-corrected chi connectivity index (χ4v) is 2.69. The lowest BCUT2D eigenvalue weighted by atomic mass is 9.97. The summed E-state index contributed by atoms with van der Waals surface area (Å²) in [6, 6.07) is 0. The third kappa shape index (κ3) is 2.79. The maximum Gasteiger partial charge on any atom is 0.180 e. The zero-order valence-corrected chi connectivity index (χ0v) is 9.67. The number of thiazole rings is 1. The standard InChI is InChI=1S/C11H17N3S/c1-2-9-3-5-14(6-4-9)8-10-7-13-11(12)15-10/h2,7,9H,1,3-6,8H2,(H2,12,13). The number of rotatable bonds is 3. The molecule has 0 bridgehead atoms. The van der Waals surface area contributed by atoms with Gasteiger partial charge in [0, 0.05) is 17.6 Å². The van der Waals surface area contributed by atoms with Crippen molar-refractivity contribution in [2.45, 2.75) is 19.4 Å². The third-order valence-electron chi connectivity index (χ3n) is 2.92. The maximum atomic E-state index is 5.60. The van der Waals surface area contributed by atoms with Gasteiger partial charge in [-0.05, 0) is 31.8 Å². The summed E-state index contributed by atoms with van der Waals surface area (Å²) in [5, 5.41) is 0.672. The van der Waals surface area contributed by atoms with Gasteiger partial charge in [0.05, 0.1) is 0 Å². The largest absolute Gasteiger partial charge is 0.375 e. The smallest absolute Gasteiger partial charge is 0.180 e. The fourth-order valence-electron chi connectivity index (χ4n) is 1.96. The molecule has 1 aliphatic heterocycles. The summed E-state index contributed by atoms with van der Waals surface area (Å²) in [5.41, 5.74) is 5.60. The minimum Gasteiger partial charge on any atom is -0.375 e. The highest BCUT2D eigenvalue weighted by atomic mass is 32.1. The van der Waals surface area contributed by atoms with Crippen molar-refractivity contribution in [1.82, 2.24) is 9.88 Å². The molecule has 1 fully saturated rings. The van der Waals surface area contributed by atoms with E-state index in [2.05, 4.69) is 22.5 Å². The molecule has 2 N–H and O–H groups in total. The normalized spacial score (nSPS) is 19.2. The molecule has 1 saturated heterocycles. The Morgan fingerprint density at radius 3 is 2.87 bits per heavy atom. The number of aromatic nitrogens is 1. The third-order valence-corrected chi connectivity index (χ3v) is 3.73. The molecule has 0 atom stereocenters. The first-order valence-corrected chi connectivity index (χ1v) is 6.14. The van der Waals surface area contributed by atoms with Crippen LogP contribution in [0.5, 0.6) is 0 Å². The van der Waals surface area contributed by atoms with E-state index in [1.54, 1.807) is 11.3 Å². The number of hydrogen-bond donors (Lipinski definition) is 1. The Balaban J connectivity index is 1.84. The topological polar surface area (TPSA) is 42.2 Å². The Labute approximate surface area is 94.6 Å². The molecule has 0 unspecified atom stereocenters. The molecule has 0 aromatic carbocycles. The zero-order valence-electron chi connectivity index (χ0n) is 8.85. The average molecular weight is 223 g/mol. The molecule has 0 saturated carbocycles. The zero-order chi connectivity index (χ0) is 10.7. The van der Waals surface area contributed by atoms with Gasteiger partial charge in [0.15, 0.2) is 5.13 Å². The number of piperidine rings is 1. The maximum absolute atomic E-state index is 5.60. The van der Waals surface area contributed by atoms with E-state index in [-0.39, 0.29) is 0 Å². The van der Waals surface area contributed by atoms with Crippen molar-refractivity contribution in [2.75, 3.05) is 18.8 Å². The van der Waals surface area contributed by atoms with Gasteiger partial charge in [0.1, 0.15) is 0 Å². The summed E-state index contributed by atoms with van der Waals surface area (Å²) in [6.07, 6.45) is 6.44. The SMILES string of the molecule is C=CC1CCN(Cc2cnc(N)s2)CC1. The molecule has 15 heavy (non-hydrogen) atoms. The van der Waals surface area contributed by atoms with Crippen molar-refractivity contribution in [3.05, 3.63) is 23.7 Å². The fraction of sp³-hybridized carbons (Fsp3) is 0.545. The molecule has 1 aromatic rings. The number of hydrogen-bond acceptors (Lipinski definition) is 4. The molecule has 82 valence electrons. The Kier molecular flexibility index (Phi) is 3.38. The molecule has 1 aromatic heterocycles. The molecule has 0 radical (unpaired) electrons. The van der Waals surface area contributed by atoms with Crippen LogP contribution in [-0.2, 0) is 6.54 Å². The van der Waals surface area contributed by atoms with E-state index in [4.69, 9.17) is 5.73 Å². The van der Waals surface area contributed by atoms with E-state index < -0.39 is 0 Å². The van der Waals surface area contributed by atoms with Crippen LogP contribution >= 0.6 is 11.3 Å². The van der Waals surface area contributed by atoms with Crippen LogP contribution in [0.25, 0.3) is 0 Å². The number of likely N-dealkylation sites (tertiary alicyclic amines) is 1. The lowest BCUT2D eigenvalue weighted by molar-refractivity contribution is 0.197. The van der Waals surface area contributed by atoms with Crippen molar-refractivity contribution < 1.29 is 0 Å². The first-order valence-electron chi connectivity index (χ1n) is 5.33. The molecule has 2 rings (SSSR count). The second kappa shape index (κ2) is 4.77. The van der Waals surface area contributed by atoms with Crippen LogP contribution in [0.2, 0.25) is 0 Å². The predicted molar refractivity (Wildman–Crippen MR) is 64.7 cm³/mol. The summed E-state index contributed by atoms with van der Waals surface area (Å²) in [7, 11) is 0. The predicted octanol–water partition coefficient (Wildman–Crippen LogP) is 2.12. The van der Waals surface area contributed by atoms with E-state index in [1.165, 1.54) is 17.7 Å². The number of nitrogens with two attached hydrogens (primary N) is 1. The number of nitrogen functional groups attached to an aromatic ring is 1. The summed E-state index contributed by atoms with van der Waals surface area (Å²) in [4.78, 5) is 7.80. The molecule has 0 spiro atoms. The van der Waals surface area contributed by atoms with Gasteiger partial charge in [-0.15, -0.1) is 17.9 Å². The van der Waals surface area contributed by atoms with Crippen molar-refractivity contribution in [3.63, 3.8) is 0 Å². The van der Waals surface area contributed by atoms with E-state index in [0.29, 0.717) is 11.0 Å². The van der Waals surface area contributed by atoms with Crippen molar-refractivity contribution >= 4 is 16.5 Å². The van der Waals surface area contributed by atoms with E-state index in [0.717, 1.165) is 19.6 Å². The highest BCUT2D eigenvalue weighted by Crippen LogP contribution is 2.22. The molecule has 3 nitrogen and oxygen atoms in total. The Morgan fingerprint density at radius 1 is 1.60 bits per heavy atom. The Bertz CT molecular complexity index is 326. The van der Waals surface area contributed by atoms with Gasteiger partial charge in [-0.25, -0.2) is 4.98 Å². The van der Waals surface area contributed by atoms with Crippen molar-refractivity contribution in [3.8, 4) is 0 Å². The number of nitrogens with zero attached hydrogens (tertiary/aromatic N) is 2. The van der Waals surface area contributed by atoms with E-state index in [9.17, 15) is 0 Å². The van der Waals surface area contributed by atoms with Crippen LogP contribution in [-0.4, -0.2) is 23.0 Å². The lowest BCUT2D eigenvalue weighted by Gasteiger charge is -2.29. The highest BCUT2D eigenvalue weighted by molar-refractivity contribution is 7.15. The molecular formula is C11H17N3S. The van der Waals surface area contributed by atoms with Gasteiger partial charge in [-0.3, -0.25) is 4.90 Å². The van der Waals surface area contributed by atoms with Gasteiger partial charge in [-0.1, -0.05) is 6.08 Å². The lowest BCUT2D eigenvalue weighted by Crippen LogP contribution is -2.32. The molecule has 2 heterocycles. The van der Waals surface area contributed by atoms with Gasteiger partial charge >= 0.3 is 0 Å². The second-order valence-corrected chi connectivity index (χ2v) is 5.16. The average Bonchev–Trinajstić information content (AvgIpc) is 2.65. The summed E-state index contributed by atoms with van der Waals surface area (Å²) < 4.78 is 0. The van der Waals surface area contributed by atoms with Crippen LogP contribution in [0.4, 0.5) is 5.13 Å². The van der Waals surface area contributed by atoms with Crippen molar-refractivity contribution in [1.29, 1.82) is 0 Å². The second-order valence-electron chi connectivity index (χ2n) is 4.01. The van der Waals surface area contributed by atoms with Crippen LogP contribution in [0.15, 0.2) is 18.9 Å². The molecule has 1 aliphatic rings. The first-order chi connectivity index (χ1) is 7.28. The molecule has 0 aliphatic carbocycles. The first kappa shape index (κ1) is 10.6. The van der Waals surface area contributed by atoms with Crippen LogP contribution in [0.1, 0.15) is 17.7 Å². The number of anilines is 1. The quantitative estimate of drug-likeness (QED) is 0.798. The van der Waals surface area contributed by atoms with Gasteiger partial charge in [0.2, 0.25) is 0 Å². The highest BCUT2D eigenvalue weighted by Gasteiger charge is 2.17. The van der Waals surface area contributed by atoms with E-state index in [1.807, 2.05) is 6.20 Å². The van der Waals surface area contributed by atoms with Crippen LogP contribution in [0, 0.1) is 5.92 Å². The van der Waals surface area contributed by atoms with Gasteiger partial charge < -0.3 is 5.73 Å². The molecular weight excluding hydrogens is 206 g/mol. The Hall–Kier alpha value is -0.870. The van der Waals surface area contributed by atoms with Crippen LogP contribution < -0.4 is 5.73 Å².